The Morgan fingerprint density at radius 3 is 2.79 bits per heavy atom. The predicted octanol–water partition coefficient (Wildman–Crippen LogP) is 2.91. The lowest BCUT2D eigenvalue weighted by molar-refractivity contribution is 0.0949. The minimum atomic E-state index is -0.465. The molecule has 4 aromatic rings. The summed E-state index contributed by atoms with van der Waals surface area (Å²) in [7, 11) is 0. The molecule has 2 aromatic heterocycles. The number of hydrazone groups is 1. The zero-order chi connectivity index (χ0) is 22.8. The van der Waals surface area contributed by atoms with Crippen LogP contribution in [0.1, 0.15) is 39.3 Å². The summed E-state index contributed by atoms with van der Waals surface area (Å²) in [6, 6.07) is 16.1. The molecular weight excluding hydrogens is 440 g/mol. The summed E-state index contributed by atoms with van der Waals surface area (Å²) in [6.07, 6.45) is 1.67. The third kappa shape index (κ3) is 4.22. The van der Waals surface area contributed by atoms with Gasteiger partial charge in [-0.1, -0.05) is 47.2 Å². The first-order chi connectivity index (χ1) is 16.1. The Balaban J connectivity index is 1.42. The quantitative estimate of drug-likeness (QED) is 0.331. The molecule has 33 heavy (non-hydrogen) atoms. The molecule has 0 saturated carbocycles. The molecular formula is C22H20N8O2S. The van der Waals surface area contributed by atoms with Crippen molar-refractivity contribution in [2.24, 2.45) is 5.10 Å². The average Bonchev–Trinajstić information content (AvgIpc) is 3.55. The molecule has 0 aliphatic heterocycles. The third-order valence-corrected chi connectivity index (χ3v) is 6.35. The van der Waals surface area contributed by atoms with Crippen LogP contribution in [0.2, 0.25) is 0 Å². The Bertz CT molecular complexity index is 1340. The van der Waals surface area contributed by atoms with Gasteiger partial charge in [-0.15, -0.1) is 16.9 Å². The Labute approximate surface area is 193 Å². The topological polar surface area (TPSA) is 137 Å². The van der Waals surface area contributed by atoms with Crippen LogP contribution in [-0.2, 0) is 12.2 Å². The van der Waals surface area contributed by atoms with E-state index in [-0.39, 0.29) is 17.3 Å². The van der Waals surface area contributed by atoms with E-state index in [4.69, 9.17) is 10.4 Å². The van der Waals surface area contributed by atoms with Crippen molar-refractivity contribution in [2.45, 2.75) is 30.4 Å². The van der Waals surface area contributed by atoms with Crippen molar-refractivity contribution in [1.82, 2.24) is 30.7 Å². The van der Waals surface area contributed by atoms with Crippen LogP contribution in [-0.4, -0.2) is 36.9 Å². The molecule has 2 heterocycles. The second-order valence-electron chi connectivity index (χ2n) is 7.53. The van der Waals surface area contributed by atoms with Gasteiger partial charge in [0.25, 0.3) is 5.91 Å². The number of fused-ring (bicyclic) bond motifs is 1. The van der Waals surface area contributed by atoms with Crippen LogP contribution in [0.25, 0.3) is 5.82 Å². The van der Waals surface area contributed by atoms with Crippen LogP contribution in [0.15, 0.2) is 63.2 Å². The highest BCUT2D eigenvalue weighted by Crippen LogP contribution is 2.26. The second-order valence-corrected chi connectivity index (χ2v) is 8.58. The normalized spacial score (nSPS) is 13.9. The van der Waals surface area contributed by atoms with E-state index in [2.05, 4.69) is 37.2 Å². The van der Waals surface area contributed by atoms with Crippen molar-refractivity contribution in [2.75, 3.05) is 5.73 Å². The zero-order valence-electron chi connectivity index (χ0n) is 17.7. The third-order valence-electron chi connectivity index (χ3n) is 5.32. The lowest BCUT2D eigenvalue weighted by atomic mass is 10.1. The van der Waals surface area contributed by atoms with E-state index in [0.29, 0.717) is 11.4 Å². The number of nitrogen functional groups attached to an aromatic ring is 1. The van der Waals surface area contributed by atoms with Crippen LogP contribution >= 0.6 is 11.8 Å². The molecule has 0 bridgehead atoms. The molecule has 10 nitrogen and oxygen atoms in total. The molecule has 1 aliphatic rings. The maximum Gasteiger partial charge on any atom is 0.293 e. The molecule has 1 amide bonds. The number of amides is 1. The summed E-state index contributed by atoms with van der Waals surface area (Å²) in [4.78, 5) is 14.1. The fraction of sp³-hybridized carbons (Fsp3) is 0.182. The van der Waals surface area contributed by atoms with Crippen molar-refractivity contribution >= 4 is 29.2 Å². The van der Waals surface area contributed by atoms with Gasteiger partial charge in [0.2, 0.25) is 11.6 Å². The Morgan fingerprint density at radius 1 is 1.18 bits per heavy atom. The average molecular weight is 461 g/mol. The fourth-order valence-electron chi connectivity index (χ4n) is 3.60. The number of nitrogens with one attached hydrogen (secondary N) is 1. The lowest BCUT2D eigenvalue weighted by Crippen LogP contribution is -2.21. The summed E-state index contributed by atoms with van der Waals surface area (Å²) in [5.74, 6) is 0.158. The summed E-state index contributed by atoms with van der Waals surface area (Å²) < 4.78 is 6.08. The maximum absolute atomic E-state index is 13.0. The van der Waals surface area contributed by atoms with Gasteiger partial charge in [0.05, 0.1) is 11.4 Å². The van der Waals surface area contributed by atoms with Gasteiger partial charge in [0.15, 0.2) is 5.69 Å². The molecule has 0 spiro atoms. The fourth-order valence-corrected chi connectivity index (χ4v) is 4.49. The van der Waals surface area contributed by atoms with E-state index >= 15 is 0 Å². The molecule has 1 aliphatic carbocycles. The van der Waals surface area contributed by atoms with Crippen LogP contribution in [0, 0.1) is 6.92 Å². The number of aromatic nitrogens is 5. The summed E-state index contributed by atoms with van der Waals surface area (Å²) in [5.41, 5.74) is 13.4. The molecule has 0 fully saturated rings. The number of carbonyl (C=O) groups excluding carboxylic acids is 1. The zero-order valence-corrected chi connectivity index (χ0v) is 18.5. The molecule has 0 atom stereocenters. The number of benzene rings is 2. The van der Waals surface area contributed by atoms with Gasteiger partial charge in [0, 0.05) is 16.2 Å². The van der Waals surface area contributed by atoms with Crippen molar-refractivity contribution in [3.63, 3.8) is 0 Å². The van der Waals surface area contributed by atoms with Crippen LogP contribution < -0.4 is 11.2 Å². The molecule has 0 unspecified atom stereocenters. The summed E-state index contributed by atoms with van der Waals surface area (Å²) >= 11 is 1.53. The Kier molecular flexibility index (Phi) is 5.61. The van der Waals surface area contributed by atoms with Gasteiger partial charge in [-0.3, -0.25) is 4.79 Å². The van der Waals surface area contributed by atoms with E-state index in [1.807, 2.05) is 49.4 Å². The number of carbonyl (C=O) groups is 1. The van der Waals surface area contributed by atoms with Gasteiger partial charge < -0.3 is 5.73 Å². The summed E-state index contributed by atoms with van der Waals surface area (Å²) in [6.45, 7) is 2.03. The van der Waals surface area contributed by atoms with E-state index in [1.165, 1.54) is 27.6 Å². The maximum atomic E-state index is 13.0. The second kappa shape index (κ2) is 8.87. The molecule has 2 aromatic carbocycles. The molecule has 11 heteroatoms. The van der Waals surface area contributed by atoms with Gasteiger partial charge in [-0.2, -0.15) is 9.78 Å². The highest BCUT2D eigenvalue weighted by atomic mass is 32.2. The van der Waals surface area contributed by atoms with Crippen LogP contribution in [0.4, 0.5) is 5.82 Å². The number of nitrogens with two attached hydrogens (primary N) is 1. The Morgan fingerprint density at radius 2 is 2.00 bits per heavy atom. The smallest absolute Gasteiger partial charge is 0.293 e. The number of thioether (sulfide) groups is 1. The number of hydrogen-bond acceptors (Lipinski definition) is 9. The minimum absolute atomic E-state index is 0.0521. The summed E-state index contributed by atoms with van der Waals surface area (Å²) in [5, 5.41) is 19.9. The van der Waals surface area contributed by atoms with E-state index < -0.39 is 5.91 Å². The molecule has 0 radical (unpaired) electrons. The first-order valence-electron chi connectivity index (χ1n) is 10.3. The lowest BCUT2D eigenvalue weighted by Gasteiger charge is -2.06. The monoisotopic (exact) mass is 460 g/mol. The van der Waals surface area contributed by atoms with E-state index in [1.54, 1.807) is 0 Å². The Hall–Kier alpha value is -3.99. The van der Waals surface area contributed by atoms with Gasteiger partial charge in [-0.05, 0) is 47.8 Å². The van der Waals surface area contributed by atoms with Gasteiger partial charge in [-0.25, -0.2) is 10.1 Å². The first kappa shape index (κ1) is 20.9. The van der Waals surface area contributed by atoms with Crippen LogP contribution in [0.5, 0.6) is 0 Å². The van der Waals surface area contributed by atoms with Crippen molar-refractivity contribution in [3.05, 3.63) is 76.6 Å². The highest BCUT2D eigenvalue weighted by Gasteiger charge is 2.25. The predicted molar refractivity (Wildman–Crippen MR) is 123 cm³/mol. The SMILES string of the molecule is Cc1ccc(SCc2c(C(=O)N/N=C3\CCc4ccccc43)nnn2-c2nonc2N)cc1. The largest absolute Gasteiger partial charge is 0.378 e. The van der Waals surface area contributed by atoms with Gasteiger partial charge >= 0.3 is 0 Å². The van der Waals surface area contributed by atoms with Gasteiger partial charge in [0.1, 0.15) is 0 Å². The van der Waals surface area contributed by atoms with Crippen molar-refractivity contribution in [3.8, 4) is 5.82 Å². The molecule has 3 N–H and O–H groups in total. The minimum Gasteiger partial charge on any atom is -0.378 e. The number of aryl methyl sites for hydroxylation is 2. The van der Waals surface area contributed by atoms with Crippen molar-refractivity contribution in [1.29, 1.82) is 0 Å². The molecule has 0 saturated heterocycles. The number of rotatable bonds is 6. The number of anilines is 1. The van der Waals surface area contributed by atoms with Crippen LogP contribution in [0.3, 0.4) is 0 Å². The van der Waals surface area contributed by atoms with Crippen molar-refractivity contribution < 1.29 is 9.42 Å². The standard InChI is InChI=1S/C22H20N8O2S/c1-13-6-9-15(10-7-13)33-12-18-19(25-29-30(18)21-20(23)27-32-28-21)22(31)26-24-17-11-8-14-4-2-3-5-16(14)17/h2-7,9-10H,8,11-12H2,1H3,(H2,23,27)(H,26,31)/b24-17+. The van der Waals surface area contributed by atoms with E-state index in [9.17, 15) is 4.79 Å². The molecule has 166 valence electrons. The van der Waals surface area contributed by atoms with E-state index in [0.717, 1.165) is 29.0 Å². The number of nitrogens with zero attached hydrogens (tertiary/aromatic N) is 6. The first-order valence-corrected chi connectivity index (χ1v) is 11.3. The number of hydrogen-bond donors (Lipinski definition) is 2. The highest BCUT2D eigenvalue weighted by molar-refractivity contribution is 7.98. The molecule has 5 rings (SSSR count).